The summed E-state index contributed by atoms with van der Waals surface area (Å²) in [6.07, 6.45) is 0. The van der Waals surface area contributed by atoms with Gasteiger partial charge in [-0.15, -0.1) is 0 Å². The van der Waals surface area contributed by atoms with Gasteiger partial charge in [0.15, 0.2) is 0 Å². The molecule has 11 rings (SSSR count). The number of fused-ring (bicyclic) bond motifs is 6. The predicted octanol–water partition coefficient (Wildman–Crippen LogP) is 13.1. The molecule has 1 aromatic heterocycles. The van der Waals surface area contributed by atoms with Gasteiger partial charge in [0.1, 0.15) is 5.82 Å². The van der Waals surface area contributed by atoms with Crippen molar-refractivity contribution in [2.45, 2.75) is 0 Å². The van der Waals surface area contributed by atoms with E-state index in [-0.39, 0.29) is 56.3 Å². The third-order valence-electron chi connectivity index (χ3n) is 9.87. The van der Waals surface area contributed by atoms with Crippen LogP contribution in [0.2, 0.25) is 0 Å². The number of rotatable bonds is 4. The maximum atomic E-state index is 9.56. The Morgan fingerprint density at radius 1 is 0.431 bits per heavy atom. The fourth-order valence-corrected chi connectivity index (χ4v) is 7.82. The second kappa shape index (κ2) is 10.9. The molecular formula is C49H30N2. The molecule has 9 aromatic carbocycles. The number of imidazole rings is 1. The molecule has 0 saturated carbocycles. The molecule has 0 unspecified atom stereocenters. The summed E-state index contributed by atoms with van der Waals surface area (Å²) in [4.78, 5) is 4.90. The number of para-hydroxylation sites is 3. The van der Waals surface area contributed by atoms with Crippen molar-refractivity contribution in [2.24, 2.45) is 0 Å². The summed E-state index contributed by atoms with van der Waals surface area (Å²) in [5.41, 5.74) is 6.45. The number of hydrogen-bond acceptors (Lipinski definition) is 1. The summed E-state index contributed by atoms with van der Waals surface area (Å²) in [7, 11) is 0. The first-order valence-electron chi connectivity index (χ1n) is 23.0. The lowest BCUT2D eigenvalue weighted by molar-refractivity contribution is 1.10. The van der Waals surface area contributed by atoms with Crippen molar-refractivity contribution in [3.8, 4) is 61.6 Å². The maximum Gasteiger partial charge on any atom is 0.145 e. The number of aromatic nitrogens is 2. The molecule has 0 aliphatic heterocycles. The van der Waals surface area contributed by atoms with Crippen LogP contribution in [0.25, 0.3) is 105 Å². The van der Waals surface area contributed by atoms with Crippen LogP contribution in [-0.2, 0) is 0 Å². The molecule has 0 N–H and O–H groups in total. The highest BCUT2D eigenvalue weighted by atomic mass is 15.1. The molecule has 0 atom stereocenters. The Kier molecular flexibility index (Phi) is 3.90. The van der Waals surface area contributed by atoms with Gasteiger partial charge in [-0.05, 0) is 107 Å². The lowest BCUT2D eigenvalue weighted by Gasteiger charge is -2.19. The minimum absolute atomic E-state index is 0.0429. The molecule has 0 amide bonds. The molecule has 2 heteroatoms. The van der Waals surface area contributed by atoms with Crippen molar-refractivity contribution in [2.75, 3.05) is 0 Å². The first-order valence-corrected chi connectivity index (χ1v) is 16.5. The molecule has 10 aromatic rings. The molecule has 1 aliphatic rings. The molecule has 0 saturated heterocycles. The lowest BCUT2D eigenvalue weighted by atomic mass is 9.84. The topological polar surface area (TPSA) is 17.8 Å². The molecule has 0 spiro atoms. The summed E-state index contributed by atoms with van der Waals surface area (Å²) < 4.78 is 119. The van der Waals surface area contributed by atoms with E-state index in [9.17, 15) is 5.48 Å². The minimum Gasteiger partial charge on any atom is -0.292 e. The van der Waals surface area contributed by atoms with Crippen LogP contribution >= 0.6 is 0 Å². The van der Waals surface area contributed by atoms with E-state index in [2.05, 4.69) is 0 Å². The quantitative estimate of drug-likeness (QED) is 0.172. The van der Waals surface area contributed by atoms with Gasteiger partial charge in [-0.2, -0.15) is 0 Å². The maximum absolute atomic E-state index is 9.56. The van der Waals surface area contributed by atoms with Gasteiger partial charge in [0.25, 0.3) is 0 Å². The van der Waals surface area contributed by atoms with E-state index >= 15 is 0 Å². The van der Waals surface area contributed by atoms with E-state index in [1.165, 1.54) is 4.57 Å². The van der Waals surface area contributed by atoms with Gasteiger partial charge >= 0.3 is 0 Å². The molecule has 0 fully saturated rings. The third kappa shape index (κ3) is 4.08. The summed E-state index contributed by atoms with van der Waals surface area (Å²) in [5, 5.41) is 1.90. The van der Waals surface area contributed by atoms with Crippen molar-refractivity contribution < 1.29 is 17.8 Å². The largest absolute Gasteiger partial charge is 0.292 e. The normalized spacial score (nSPS) is 15.5. The predicted molar refractivity (Wildman–Crippen MR) is 214 cm³/mol. The monoisotopic (exact) mass is 659 g/mol. The Hall–Kier alpha value is -6.77. The van der Waals surface area contributed by atoms with Gasteiger partial charge in [0.05, 0.1) is 28.9 Å². The summed E-state index contributed by atoms with van der Waals surface area (Å²) in [6, 6.07) is 25.3. The van der Waals surface area contributed by atoms with Gasteiger partial charge in [-0.1, -0.05) is 151 Å². The van der Waals surface area contributed by atoms with Crippen LogP contribution in [0.5, 0.6) is 0 Å². The van der Waals surface area contributed by atoms with Crippen molar-refractivity contribution in [3.05, 3.63) is 182 Å². The van der Waals surface area contributed by atoms with E-state index in [0.29, 0.717) is 27.7 Å². The molecule has 1 heterocycles. The molecule has 0 bridgehead atoms. The first kappa shape index (κ1) is 18.3. The van der Waals surface area contributed by atoms with Crippen molar-refractivity contribution in [1.82, 2.24) is 9.55 Å². The van der Waals surface area contributed by atoms with Gasteiger partial charge in [0, 0.05) is 11.3 Å². The highest BCUT2D eigenvalue weighted by Gasteiger charge is 2.24. The molecule has 1 aliphatic carbocycles. The molecule has 0 radical (unpaired) electrons. The lowest BCUT2D eigenvalue weighted by Crippen LogP contribution is -1.97. The van der Waals surface area contributed by atoms with E-state index in [4.69, 9.17) is 17.3 Å². The Morgan fingerprint density at radius 2 is 1.00 bits per heavy atom. The van der Waals surface area contributed by atoms with Crippen LogP contribution in [0.15, 0.2) is 182 Å². The first-order chi connectivity index (χ1) is 30.7. The number of nitrogens with zero attached hydrogens (tertiary/aromatic N) is 2. The van der Waals surface area contributed by atoms with Crippen LogP contribution in [0.4, 0.5) is 0 Å². The van der Waals surface area contributed by atoms with Crippen molar-refractivity contribution >= 4 is 43.4 Å². The van der Waals surface area contributed by atoms with Crippen LogP contribution in [0, 0.1) is 0 Å². The second-order valence-corrected chi connectivity index (χ2v) is 12.5. The highest BCUT2D eigenvalue weighted by Crippen LogP contribution is 2.51. The smallest absolute Gasteiger partial charge is 0.145 e. The molecule has 51 heavy (non-hydrogen) atoms. The van der Waals surface area contributed by atoms with Gasteiger partial charge in [0.2, 0.25) is 0 Å². The number of benzene rings is 9. The average molecular weight is 660 g/mol. The zero-order valence-corrected chi connectivity index (χ0v) is 26.7. The second-order valence-electron chi connectivity index (χ2n) is 12.5. The van der Waals surface area contributed by atoms with Crippen LogP contribution < -0.4 is 0 Å². The highest BCUT2D eigenvalue weighted by molar-refractivity contribution is 6.26. The minimum atomic E-state index is -0.551. The van der Waals surface area contributed by atoms with Gasteiger partial charge in [-0.3, -0.25) is 4.57 Å². The Balaban J connectivity index is 1.29. The van der Waals surface area contributed by atoms with Crippen LogP contribution in [0.3, 0.4) is 0 Å². The summed E-state index contributed by atoms with van der Waals surface area (Å²) in [5.74, 6) is 0.199. The van der Waals surface area contributed by atoms with Crippen molar-refractivity contribution in [3.63, 3.8) is 0 Å². The zero-order chi connectivity index (χ0) is 44.8. The Labute approximate surface area is 313 Å². The Bertz CT molecular complexity index is 3640. The average Bonchev–Trinajstić information content (AvgIpc) is 3.86. The van der Waals surface area contributed by atoms with Crippen LogP contribution in [-0.4, -0.2) is 9.55 Å². The zero-order valence-electron chi connectivity index (χ0n) is 39.7. The van der Waals surface area contributed by atoms with Gasteiger partial charge < -0.3 is 0 Å². The number of hydrogen-bond donors (Lipinski definition) is 0. The summed E-state index contributed by atoms with van der Waals surface area (Å²) >= 11 is 0. The van der Waals surface area contributed by atoms with Crippen LogP contribution in [0.1, 0.15) is 17.8 Å². The Morgan fingerprint density at radius 3 is 1.75 bits per heavy atom. The van der Waals surface area contributed by atoms with E-state index in [1.807, 2.05) is 54.6 Å². The molecule has 236 valence electrons. The van der Waals surface area contributed by atoms with Gasteiger partial charge in [-0.25, -0.2) is 4.98 Å². The fourth-order valence-electron chi connectivity index (χ4n) is 7.82. The molecule has 2 nitrogen and oxygen atoms in total. The fraction of sp³-hybridized carbons (Fsp3) is 0. The molecular weight excluding hydrogens is 617 g/mol. The van der Waals surface area contributed by atoms with Crippen molar-refractivity contribution in [1.29, 1.82) is 0 Å². The standard InChI is InChI=1S/C49H30N2/c1-2-16-33(17-3-1)51-45-27-11-10-26-44(45)50-49(51)32-15-12-14-31(30-32)46-37-20-6-8-22-39(37)48(40-23-9-7-21-38(40)46)43-29-28-42-35-19-5-4-18-34(35)36-24-13-25-41(43)47(36)42/h1-30H/i1D,2D,3D,6D,7D,8D,9D,16D,17D,20D,21D,22D,23D. The SMILES string of the molecule is [2H]c1c([2H])c([2H])c(-n2c(-c3cccc(-c4c5c([2H])c([2H])c([2H])c([2H])c5c(-c5ccc6c7c(cccc57)-c5ccccc5-6)c5c([2H])c([2H])c([2H])c([2H])c45)c3)nc3ccccc32)c([2H])c1[2H]. The third-order valence-corrected chi connectivity index (χ3v) is 9.87. The van der Waals surface area contributed by atoms with E-state index in [1.54, 1.807) is 48.5 Å². The summed E-state index contributed by atoms with van der Waals surface area (Å²) in [6.45, 7) is 0. The van der Waals surface area contributed by atoms with E-state index in [0.717, 1.165) is 33.0 Å². The van der Waals surface area contributed by atoms with E-state index < -0.39 is 66.5 Å².